The zero-order valence-electron chi connectivity index (χ0n) is 13.8. The second-order valence-corrected chi connectivity index (χ2v) is 5.60. The van der Waals surface area contributed by atoms with Crippen molar-refractivity contribution < 1.29 is 14.3 Å². The number of aromatic amines is 1. The van der Waals surface area contributed by atoms with E-state index >= 15 is 0 Å². The average Bonchev–Trinajstić information content (AvgIpc) is 3.17. The van der Waals surface area contributed by atoms with Crippen molar-refractivity contribution in [3.05, 3.63) is 84.2 Å². The van der Waals surface area contributed by atoms with Gasteiger partial charge in [0.05, 0.1) is 17.3 Å². The molecule has 128 valence electrons. The van der Waals surface area contributed by atoms with Gasteiger partial charge in [0.15, 0.2) is 5.82 Å². The van der Waals surface area contributed by atoms with Gasteiger partial charge in [-0.3, -0.25) is 0 Å². The molecule has 0 aromatic heterocycles. The number of para-hydroxylation sites is 1. The van der Waals surface area contributed by atoms with Gasteiger partial charge in [0, 0.05) is 11.8 Å². The number of nitrogens with one attached hydrogen (secondary N) is 1. The smallest absolute Gasteiger partial charge is 0.343 e. The number of fused-ring (bicyclic) bond motifs is 1. The number of aromatic nitrogens is 3. The molecule has 2 heterocycles. The molecule has 6 heteroatoms. The van der Waals surface area contributed by atoms with Gasteiger partial charge in [-0.05, 0) is 24.3 Å². The summed E-state index contributed by atoms with van der Waals surface area (Å²) < 4.78 is 11.3. The van der Waals surface area contributed by atoms with E-state index < -0.39 is 5.97 Å². The lowest BCUT2D eigenvalue weighted by Crippen LogP contribution is -2.13. The van der Waals surface area contributed by atoms with Gasteiger partial charge >= 0.3 is 5.97 Å². The van der Waals surface area contributed by atoms with Gasteiger partial charge < -0.3 is 14.5 Å². The summed E-state index contributed by atoms with van der Waals surface area (Å²) in [5.41, 5.74) is 1.86. The third-order valence-corrected chi connectivity index (χ3v) is 3.90. The molecule has 0 atom stereocenters. The molecule has 0 spiro atoms. The number of carbonyl (C=O) groups is 1. The Bertz CT molecular complexity index is 998. The van der Waals surface area contributed by atoms with Gasteiger partial charge in [0.1, 0.15) is 18.1 Å². The molecule has 0 amide bonds. The number of carbonyl (C=O) groups excluding carboxylic acids is 1. The average molecular weight is 345 g/mol. The Hall–Kier alpha value is -3.67. The monoisotopic (exact) mass is 345 g/mol. The molecule has 0 aliphatic carbocycles. The fourth-order valence-electron chi connectivity index (χ4n) is 2.60. The number of ether oxygens (including phenoxy) is 2. The van der Waals surface area contributed by atoms with Gasteiger partial charge in [-0.15, -0.1) is 5.10 Å². The molecular formula is C20H15N3O3. The van der Waals surface area contributed by atoms with E-state index in [1.807, 2.05) is 42.5 Å². The number of rotatable bonds is 5. The fraction of sp³-hybridized carbons (Fsp3) is 0.0500. The normalized spacial score (nSPS) is 10.6. The van der Waals surface area contributed by atoms with E-state index in [9.17, 15) is 4.79 Å². The molecule has 0 unspecified atom stereocenters. The van der Waals surface area contributed by atoms with Crippen molar-refractivity contribution in [3.8, 4) is 22.9 Å². The van der Waals surface area contributed by atoms with Gasteiger partial charge in [0.2, 0.25) is 0 Å². The summed E-state index contributed by atoms with van der Waals surface area (Å²) in [4.78, 5) is 15.6. The molecule has 2 aromatic rings. The van der Waals surface area contributed by atoms with Crippen LogP contribution in [0.2, 0.25) is 0 Å². The van der Waals surface area contributed by atoms with Crippen LogP contribution >= 0.6 is 0 Å². The van der Waals surface area contributed by atoms with Crippen LogP contribution in [0.1, 0.15) is 15.9 Å². The maximum Gasteiger partial charge on any atom is 0.343 e. The van der Waals surface area contributed by atoms with Gasteiger partial charge in [0.25, 0.3) is 0 Å². The predicted octanol–water partition coefficient (Wildman–Crippen LogP) is 3.71. The Balaban J connectivity index is 1.54. The summed E-state index contributed by atoms with van der Waals surface area (Å²) in [6.45, 7) is 0.271. The van der Waals surface area contributed by atoms with Gasteiger partial charge in [-0.25, -0.2) is 4.79 Å². The molecular weight excluding hydrogens is 330 g/mol. The Morgan fingerprint density at radius 2 is 1.81 bits per heavy atom. The standard InChI is InChI=1S/C20H15N3O3/c24-20(26-18-10-11-21-19-17(18)12-22-23-19)16-9-5-4-6-14(16)13-25-15-7-2-1-3-8-15/h1-12H,13H2,(H,21,22,23). The first-order valence-electron chi connectivity index (χ1n) is 8.08. The molecule has 26 heavy (non-hydrogen) atoms. The van der Waals surface area contributed by atoms with Crippen LogP contribution < -0.4 is 9.47 Å². The number of H-pyrrole nitrogens is 1. The summed E-state index contributed by atoms with van der Waals surface area (Å²) >= 11 is 0. The van der Waals surface area contributed by atoms with E-state index in [1.165, 1.54) is 0 Å². The minimum atomic E-state index is -0.453. The third kappa shape index (κ3) is 3.25. The third-order valence-electron chi connectivity index (χ3n) is 3.90. The number of nitrogens with zero attached hydrogens (tertiary/aromatic N) is 2. The topological polar surface area (TPSA) is 77.1 Å². The fourth-order valence-corrected chi connectivity index (χ4v) is 2.60. The van der Waals surface area contributed by atoms with Crippen molar-refractivity contribution in [2.75, 3.05) is 0 Å². The summed E-state index contributed by atoms with van der Waals surface area (Å²) in [5, 5.41) is 7.75. The predicted molar refractivity (Wildman–Crippen MR) is 95.2 cm³/mol. The highest BCUT2D eigenvalue weighted by Crippen LogP contribution is 2.28. The maximum absolute atomic E-state index is 12.7. The van der Waals surface area contributed by atoms with Gasteiger partial charge in [-0.1, -0.05) is 36.4 Å². The number of benzene rings is 2. The lowest BCUT2D eigenvalue weighted by atomic mass is 10.1. The van der Waals surface area contributed by atoms with Crippen LogP contribution in [0.15, 0.2) is 73.1 Å². The Kier molecular flexibility index (Phi) is 4.30. The summed E-state index contributed by atoms with van der Waals surface area (Å²) in [6.07, 6.45) is 3.21. The number of hydrogen-bond donors (Lipinski definition) is 1. The second-order valence-electron chi connectivity index (χ2n) is 5.60. The SMILES string of the molecule is O=C(Oc1cc[nH]c2nncc1-2)c1ccccc1COc1ccccc1. The maximum atomic E-state index is 12.7. The van der Waals surface area contributed by atoms with E-state index in [0.717, 1.165) is 11.3 Å². The Labute approximate surface area is 149 Å². The highest BCUT2D eigenvalue weighted by atomic mass is 16.5. The number of esters is 1. The zero-order valence-corrected chi connectivity index (χ0v) is 13.8. The molecule has 2 aliphatic heterocycles. The number of pyridine rings is 1. The van der Waals surface area contributed by atoms with Gasteiger partial charge in [-0.2, -0.15) is 5.10 Å². The van der Waals surface area contributed by atoms with E-state index in [1.54, 1.807) is 30.6 Å². The van der Waals surface area contributed by atoms with Crippen molar-refractivity contribution in [3.63, 3.8) is 0 Å². The van der Waals surface area contributed by atoms with Crippen LogP contribution in [0, 0.1) is 0 Å². The highest BCUT2D eigenvalue weighted by Gasteiger charge is 2.18. The van der Waals surface area contributed by atoms with Crippen LogP contribution in [0.25, 0.3) is 11.4 Å². The zero-order chi connectivity index (χ0) is 17.8. The molecule has 0 radical (unpaired) electrons. The highest BCUT2D eigenvalue weighted by molar-refractivity contribution is 5.93. The first kappa shape index (κ1) is 15.8. The van der Waals surface area contributed by atoms with Crippen LogP contribution in [-0.4, -0.2) is 21.2 Å². The number of hydrogen-bond acceptors (Lipinski definition) is 5. The molecule has 1 N–H and O–H groups in total. The summed E-state index contributed by atoms with van der Waals surface area (Å²) in [7, 11) is 0. The van der Waals surface area contributed by atoms with Crippen molar-refractivity contribution in [1.82, 2.24) is 15.2 Å². The minimum absolute atomic E-state index is 0.271. The first-order valence-corrected chi connectivity index (χ1v) is 8.08. The quantitative estimate of drug-likeness (QED) is 0.558. The summed E-state index contributed by atoms with van der Waals surface area (Å²) in [6, 6.07) is 18.4. The first-order chi connectivity index (χ1) is 12.8. The van der Waals surface area contributed by atoms with Crippen molar-refractivity contribution in [1.29, 1.82) is 0 Å². The molecule has 2 aromatic carbocycles. The molecule has 0 fully saturated rings. The second kappa shape index (κ2) is 7.06. The summed E-state index contributed by atoms with van der Waals surface area (Å²) in [5.74, 6) is 1.26. The Morgan fingerprint density at radius 1 is 1.00 bits per heavy atom. The van der Waals surface area contributed by atoms with Crippen molar-refractivity contribution in [2.24, 2.45) is 0 Å². The molecule has 2 aliphatic rings. The molecule has 0 bridgehead atoms. The lowest BCUT2D eigenvalue weighted by Gasteiger charge is -2.12. The van der Waals surface area contributed by atoms with E-state index in [-0.39, 0.29) is 6.61 Å². The van der Waals surface area contributed by atoms with Crippen LogP contribution in [0.5, 0.6) is 11.5 Å². The largest absolute Gasteiger partial charge is 0.489 e. The minimum Gasteiger partial charge on any atom is -0.489 e. The van der Waals surface area contributed by atoms with Crippen LogP contribution in [0.4, 0.5) is 0 Å². The van der Waals surface area contributed by atoms with E-state index in [4.69, 9.17) is 9.47 Å². The molecule has 4 rings (SSSR count). The van der Waals surface area contributed by atoms with E-state index in [2.05, 4.69) is 15.2 Å². The molecule has 0 saturated heterocycles. The van der Waals surface area contributed by atoms with Crippen molar-refractivity contribution in [2.45, 2.75) is 6.61 Å². The van der Waals surface area contributed by atoms with Crippen molar-refractivity contribution >= 4 is 5.97 Å². The van der Waals surface area contributed by atoms with E-state index in [0.29, 0.717) is 22.7 Å². The molecule has 0 saturated carbocycles. The Morgan fingerprint density at radius 3 is 2.69 bits per heavy atom. The lowest BCUT2D eigenvalue weighted by molar-refractivity contribution is 0.0732. The molecule has 6 nitrogen and oxygen atoms in total. The van der Waals surface area contributed by atoms with Crippen LogP contribution in [-0.2, 0) is 6.61 Å². The van der Waals surface area contributed by atoms with Crippen LogP contribution in [0.3, 0.4) is 0 Å².